The van der Waals surface area contributed by atoms with E-state index in [4.69, 9.17) is 46.4 Å². The van der Waals surface area contributed by atoms with E-state index in [0.717, 1.165) is 15.4 Å². The summed E-state index contributed by atoms with van der Waals surface area (Å²) in [5.41, 5.74) is 2.06. The average Bonchev–Trinajstić information content (AvgIpc) is 3.01. The smallest absolute Gasteiger partial charge is 0.264 e. The van der Waals surface area contributed by atoms with Gasteiger partial charge in [0.05, 0.1) is 15.6 Å². The SMILES string of the molecule is CCNC(=O)[C@H](Cc1ccccc1)N(Cc1c(Cl)cccc1Cl)C(=O)CN(c1cc(Cl)ccc1Cl)S(=O)(=O)c1ccc(C)cc1. The molecule has 0 saturated heterocycles. The fourth-order valence-corrected chi connectivity index (χ4v) is 7.11. The van der Waals surface area contributed by atoms with Gasteiger partial charge in [0.1, 0.15) is 12.6 Å². The molecule has 0 bridgehead atoms. The van der Waals surface area contributed by atoms with Crippen LogP contribution in [0.25, 0.3) is 0 Å². The third-order valence-electron chi connectivity index (χ3n) is 7.08. The van der Waals surface area contributed by atoms with Gasteiger partial charge in [-0.3, -0.25) is 13.9 Å². The molecule has 236 valence electrons. The Morgan fingerprint density at radius 3 is 2.09 bits per heavy atom. The number of nitrogens with one attached hydrogen (secondary N) is 1. The van der Waals surface area contributed by atoms with E-state index in [1.807, 2.05) is 37.3 Å². The zero-order chi connectivity index (χ0) is 32.7. The number of anilines is 1. The molecule has 0 radical (unpaired) electrons. The van der Waals surface area contributed by atoms with Crippen molar-refractivity contribution in [2.45, 2.75) is 37.8 Å². The molecule has 45 heavy (non-hydrogen) atoms. The number of nitrogens with zero attached hydrogens (tertiary/aromatic N) is 2. The second-order valence-electron chi connectivity index (χ2n) is 10.2. The predicted molar refractivity (Wildman–Crippen MR) is 182 cm³/mol. The molecule has 0 saturated carbocycles. The van der Waals surface area contributed by atoms with Crippen molar-refractivity contribution in [3.8, 4) is 0 Å². The van der Waals surface area contributed by atoms with Gasteiger partial charge in [-0.2, -0.15) is 0 Å². The highest BCUT2D eigenvalue weighted by Crippen LogP contribution is 2.34. The Labute approximate surface area is 283 Å². The van der Waals surface area contributed by atoms with Crippen LogP contribution in [-0.4, -0.2) is 44.3 Å². The predicted octanol–water partition coefficient (Wildman–Crippen LogP) is 7.58. The van der Waals surface area contributed by atoms with Crippen molar-refractivity contribution in [3.05, 3.63) is 128 Å². The van der Waals surface area contributed by atoms with Gasteiger partial charge in [0.15, 0.2) is 0 Å². The minimum absolute atomic E-state index is 0.00596. The zero-order valence-corrected chi connectivity index (χ0v) is 28.4. The van der Waals surface area contributed by atoms with Gasteiger partial charge in [-0.25, -0.2) is 8.42 Å². The molecule has 0 aliphatic carbocycles. The third-order valence-corrected chi connectivity index (χ3v) is 10.1. The van der Waals surface area contributed by atoms with Crippen molar-refractivity contribution in [2.24, 2.45) is 0 Å². The van der Waals surface area contributed by atoms with E-state index >= 15 is 0 Å². The molecule has 2 amide bonds. The minimum atomic E-state index is -4.35. The number of benzene rings is 4. The fraction of sp³-hybridized carbons (Fsp3) is 0.212. The van der Waals surface area contributed by atoms with Gasteiger partial charge in [-0.1, -0.05) is 100 Å². The minimum Gasteiger partial charge on any atom is -0.355 e. The Kier molecular flexibility index (Phi) is 11.8. The molecular weight excluding hydrogens is 676 g/mol. The Morgan fingerprint density at radius 2 is 1.47 bits per heavy atom. The highest BCUT2D eigenvalue weighted by molar-refractivity contribution is 7.92. The van der Waals surface area contributed by atoms with E-state index in [2.05, 4.69) is 5.32 Å². The molecule has 1 N–H and O–H groups in total. The third kappa shape index (κ3) is 8.51. The molecule has 1 atom stereocenters. The molecule has 0 spiro atoms. The lowest BCUT2D eigenvalue weighted by Crippen LogP contribution is -2.53. The number of carbonyl (C=O) groups is 2. The van der Waals surface area contributed by atoms with E-state index in [1.165, 1.54) is 35.2 Å². The quantitative estimate of drug-likeness (QED) is 0.165. The topological polar surface area (TPSA) is 86.8 Å². The second kappa shape index (κ2) is 15.3. The molecule has 0 aliphatic rings. The van der Waals surface area contributed by atoms with Gasteiger partial charge in [0, 0.05) is 40.1 Å². The standard InChI is InChI=1S/C33H31Cl4N3O4S/c1-3-38-33(42)31(18-23-8-5-4-6-9-23)39(20-26-27(35)10-7-11-28(26)36)32(41)21-40(30-19-24(34)14-17-29(30)37)45(43,44)25-15-12-22(2)13-16-25/h4-17,19,31H,3,18,20-21H2,1-2H3,(H,38,42)/t31-/m0/s1. The van der Waals surface area contributed by atoms with Crippen molar-refractivity contribution in [1.82, 2.24) is 10.2 Å². The highest BCUT2D eigenvalue weighted by atomic mass is 35.5. The van der Waals surface area contributed by atoms with Crippen LogP contribution in [0.1, 0.15) is 23.6 Å². The van der Waals surface area contributed by atoms with Crippen molar-refractivity contribution in [3.63, 3.8) is 0 Å². The summed E-state index contributed by atoms with van der Waals surface area (Å²) in [6.07, 6.45) is 0.142. The lowest BCUT2D eigenvalue weighted by Gasteiger charge is -2.34. The summed E-state index contributed by atoms with van der Waals surface area (Å²) in [6.45, 7) is 3.03. The van der Waals surface area contributed by atoms with E-state index in [1.54, 1.807) is 37.3 Å². The summed E-state index contributed by atoms with van der Waals surface area (Å²) in [4.78, 5) is 29.4. The van der Waals surface area contributed by atoms with Crippen molar-refractivity contribution >= 4 is 73.9 Å². The van der Waals surface area contributed by atoms with Crippen molar-refractivity contribution in [2.75, 3.05) is 17.4 Å². The first kappa shape index (κ1) is 34.6. The maximum Gasteiger partial charge on any atom is 0.264 e. The molecular formula is C33H31Cl4N3O4S. The Bertz CT molecular complexity index is 1750. The number of carbonyl (C=O) groups excluding carboxylic acids is 2. The number of hydrogen-bond acceptors (Lipinski definition) is 4. The van der Waals surface area contributed by atoms with Crippen LogP contribution in [0.15, 0.2) is 95.9 Å². The van der Waals surface area contributed by atoms with Crippen LogP contribution in [0.2, 0.25) is 20.1 Å². The number of hydrogen-bond donors (Lipinski definition) is 1. The van der Waals surface area contributed by atoms with Crippen LogP contribution in [-0.2, 0) is 32.6 Å². The van der Waals surface area contributed by atoms with Gasteiger partial charge < -0.3 is 10.2 Å². The maximum atomic E-state index is 14.5. The molecule has 0 heterocycles. The lowest BCUT2D eigenvalue weighted by molar-refractivity contribution is -0.140. The summed E-state index contributed by atoms with van der Waals surface area (Å²) in [5, 5.41) is 3.67. The molecule has 4 rings (SSSR count). The van der Waals surface area contributed by atoms with E-state index in [-0.39, 0.29) is 43.6 Å². The number of likely N-dealkylation sites (N-methyl/N-ethyl adjacent to an activating group) is 1. The second-order valence-corrected chi connectivity index (χ2v) is 13.8. The highest BCUT2D eigenvalue weighted by Gasteiger charge is 2.35. The van der Waals surface area contributed by atoms with E-state index < -0.39 is 34.4 Å². The monoisotopic (exact) mass is 705 g/mol. The normalized spacial score (nSPS) is 12.0. The summed E-state index contributed by atoms with van der Waals surface area (Å²) in [5.74, 6) is -1.11. The van der Waals surface area contributed by atoms with Crippen LogP contribution in [0.5, 0.6) is 0 Å². The molecule has 0 aromatic heterocycles. The van der Waals surface area contributed by atoms with Crippen LogP contribution in [0, 0.1) is 6.92 Å². The summed E-state index contributed by atoms with van der Waals surface area (Å²) in [7, 11) is -4.35. The Morgan fingerprint density at radius 1 is 0.822 bits per heavy atom. The number of sulfonamides is 1. The van der Waals surface area contributed by atoms with Gasteiger partial charge in [-0.05, 0) is 61.9 Å². The van der Waals surface area contributed by atoms with Crippen molar-refractivity contribution < 1.29 is 18.0 Å². The van der Waals surface area contributed by atoms with Crippen LogP contribution < -0.4 is 9.62 Å². The van der Waals surface area contributed by atoms with Gasteiger partial charge >= 0.3 is 0 Å². The van der Waals surface area contributed by atoms with Gasteiger partial charge in [0.2, 0.25) is 11.8 Å². The van der Waals surface area contributed by atoms with Crippen LogP contribution >= 0.6 is 46.4 Å². The molecule has 4 aromatic carbocycles. The molecule has 0 unspecified atom stereocenters. The van der Waals surface area contributed by atoms with E-state index in [9.17, 15) is 18.0 Å². The average molecular weight is 708 g/mol. The number of halogens is 4. The largest absolute Gasteiger partial charge is 0.355 e. The van der Waals surface area contributed by atoms with Crippen molar-refractivity contribution in [1.29, 1.82) is 0 Å². The Hall–Kier alpha value is -3.27. The summed E-state index contributed by atoms with van der Waals surface area (Å²) >= 11 is 25.9. The zero-order valence-electron chi connectivity index (χ0n) is 24.5. The van der Waals surface area contributed by atoms with Gasteiger partial charge in [-0.15, -0.1) is 0 Å². The molecule has 0 aliphatic heterocycles. The molecule has 12 heteroatoms. The first-order valence-corrected chi connectivity index (χ1v) is 17.0. The maximum absolute atomic E-state index is 14.5. The first-order chi connectivity index (χ1) is 21.4. The van der Waals surface area contributed by atoms with Crippen LogP contribution in [0.3, 0.4) is 0 Å². The fourth-order valence-electron chi connectivity index (χ4n) is 4.73. The number of rotatable bonds is 12. The van der Waals surface area contributed by atoms with Gasteiger partial charge in [0.25, 0.3) is 10.0 Å². The lowest BCUT2D eigenvalue weighted by atomic mass is 10.0. The molecule has 4 aromatic rings. The molecule has 0 fully saturated rings. The number of aryl methyl sites for hydroxylation is 1. The summed E-state index contributed by atoms with van der Waals surface area (Å²) < 4.78 is 29.2. The number of amides is 2. The first-order valence-electron chi connectivity index (χ1n) is 14.0. The van der Waals surface area contributed by atoms with Crippen LogP contribution in [0.4, 0.5) is 5.69 Å². The van der Waals surface area contributed by atoms with E-state index in [0.29, 0.717) is 12.1 Å². The summed E-state index contributed by atoms with van der Waals surface area (Å²) in [6, 6.07) is 23.6. The Balaban J connectivity index is 1.86. The molecule has 7 nitrogen and oxygen atoms in total.